The van der Waals surface area contributed by atoms with Crippen LogP contribution >= 0.6 is 23.5 Å². The first-order valence-corrected chi connectivity index (χ1v) is 17.5. The molecule has 0 amide bonds. The van der Waals surface area contributed by atoms with Gasteiger partial charge in [-0.2, -0.15) is 0 Å². The average molecular weight is 545 g/mol. The van der Waals surface area contributed by atoms with Gasteiger partial charge in [0.25, 0.3) is 0 Å². The fraction of sp³-hybridized carbons (Fsp3) is 0.697. The van der Waals surface area contributed by atoms with Crippen molar-refractivity contribution in [2.45, 2.75) is 146 Å². The first kappa shape index (κ1) is 32.2. The van der Waals surface area contributed by atoms with Crippen molar-refractivity contribution in [3.8, 4) is 0 Å². The Balaban J connectivity index is 1.46. The van der Waals surface area contributed by atoms with E-state index < -0.39 is 0 Å². The van der Waals surface area contributed by atoms with Crippen molar-refractivity contribution < 1.29 is 9.13 Å². The Kier molecular flexibility index (Phi) is 20.0. The van der Waals surface area contributed by atoms with Crippen LogP contribution in [0.1, 0.15) is 123 Å². The van der Waals surface area contributed by atoms with Gasteiger partial charge in [0.15, 0.2) is 24.8 Å². The largest absolute Gasteiger partial charge is 0.205 e. The quantitative estimate of drug-likeness (QED) is 0.0738. The molecule has 0 aliphatic rings. The van der Waals surface area contributed by atoms with Crippen LogP contribution in [0.5, 0.6) is 0 Å². The van der Waals surface area contributed by atoms with Crippen molar-refractivity contribution >= 4 is 23.5 Å². The van der Waals surface area contributed by atoms with Gasteiger partial charge < -0.3 is 0 Å². The summed E-state index contributed by atoms with van der Waals surface area (Å²) in [6.45, 7) is 6.90. The number of aromatic nitrogens is 2. The second-order valence-electron chi connectivity index (χ2n) is 10.5. The van der Waals surface area contributed by atoms with Crippen LogP contribution in [-0.2, 0) is 13.1 Å². The number of aryl methyl sites for hydroxylation is 2. The molecule has 0 fully saturated rings. The standard InChI is InChI=1S/C33H56N2S2/c1-3-5-7-9-11-13-15-17-24-34-26-20-32(21-27-34)36-30-19-31-37-33-22-28-35(29-23-33)25-18-16-14-12-10-8-6-4-2/h20-23,26-29H,3-19,24-25,30-31H2,1-2H3/q+2. The van der Waals surface area contributed by atoms with Crippen molar-refractivity contribution in [3.05, 3.63) is 49.1 Å². The van der Waals surface area contributed by atoms with E-state index in [9.17, 15) is 0 Å². The van der Waals surface area contributed by atoms with Crippen LogP contribution in [0.15, 0.2) is 58.8 Å². The molecule has 0 unspecified atom stereocenters. The molecule has 37 heavy (non-hydrogen) atoms. The molecule has 208 valence electrons. The molecule has 0 radical (unpaired) electrons. The summed E-state index contributed by atoms with van der Waals surface area (Å²) in [5.74, 6) is 2.39. The van der Waals surface area contributed by atoms with E-state index in [0.29, 0.717) is 0 Å². The molecule has 0 aliphatic carbocycles. The molecule has 2 aromatic rings. The number of hydrogen-bond acceptors (Lipinski definition) is 2. The molecular formula is C33H56N2S2+2. The van der Waals surface area contributed by atoms with E-state index in [-0.39, 0.29) is 0 Å². The van der Waals surface area contributed by atoms with E-state index in [1.165, 1.54) is 130 Å². The number of nitrogens with zero attached hydrogens (tertiary/aromatic N) is 2. The Hall–Kier alpha value is -1.00. The van der Waals surface area contributed by atoms with Gasteiger partial charge in [0.05, 0.1) is 0 Å². The molecule has 0 aromatic carbocycles. The number of hydrogen-bond donors (Lipinski definition) is 0. The lowest BCUT2D eigenvalue weighted by atomic mass is 10.1. The van der Waals surface area contributed by atoms with Crippen molar-refractivity contribution in [3.63, 3.8) is 0 Å². The minimum absolute atomic E-state index is 1.16. The van der Waals surface area contributed by atoms with Gasteiger partial charge in [0.2, 0.25) is 0 Å². The van der Waals surface area contributed by atoms with Gasteiger partial charge in [-0.15, -0.1) is 23.5 Å². The SMILES string of the molecule is CCCCCCCCCC[n+]1ccc(SCCCSc2cc[n+](CCCCCCCCCC)cc2)cc1. The summed E-state index contributed by atoms with van der Waals surface area (Å²) in [6, 6.07) is 9.19. The lowest BCUT2D eigenvalue weighted by Crippen LogP contribution is -2.32. The molecule has 0 saturated carbocycles. The summed E-state index contributed by atoms with van der Waals surface area (Å²) in [6.07, 6.45) is 32.5. The normalized spacial score (nSPS) is 11.3. The summed E-state index contributed by atoms with van der Waals surface area (Å²) in [5, 5.41) is 0. The number of pyridine rings is 2. The third-order valence-corrected chi connectivity index (χ3v) is 9.28. The maximum absolute atomic E-state index is 2.35. The molecule has 4 heteroatoms. The Morgan fingerprint density at radius 2 is 0.757 bits per heavy atom. The van der Waals surface area contributed by atoms with Gasteiger partial charge in [0, 0.05) is 46.9 Å². The van der Waals surface area contributed by atoms with Gasteiger partial charge in [-0.25, -0.2) is 9.13 Å². The highest BCUT2D eigenvalue weighted by Crippen LogP contribution is 2.21. The van der Waals surface area contributed by atoms with Crippen LogP contribution in [0.4, 0.5) is 0 Å². The van der Waals surface area contributed by atoms with E-state index in [4.69, 9.17) is 0 Å². The molecule has 2 heterocycles. The predicted octanol–water partition coefficient (Wildman–Crippen LogP) is 9.82. The van der Waals surface area contributed by atoms with Crippen molar-refractivity contribution in [2.24, 2.45) is 0 Å². The Morgan fingerprint density at radius 1 is 0.432 bits per heavy atom. The van der Waals surface area contributed by atoms with Crippen molar-refractivity contribution in [1.29, 1.82) is 0 Å². The summed E-state index contributed by atoms with van der Waals surface area (Å²) in [5.41, 5.74) is 0. The van der Waals surface area contributed by atoms with Crippen LogP contribution in [-0.4, -0.2) is 11.5 Å². The minimum Gasteiger partial charge on any atom is -0.205 e. The maximum atomic E-state index is 2.35. The Morgan fingerprint density at radius 3 is 1.11 bits per heavy atom. The smallest absolute Gasteiger partial charge is 0.169 e. The third-order valence-electron chi connectivity index (χ3n) is 7.09. The highest BCUT2D eigenvalue weighted by Gasteiger charge is 2.04. The highest BCUT2D eigenvalue weighted by atomic mass is 32.2. The molecule has 2 aromatic heterocycles. The highest BCUT2D eigenvalue weighted by molar-refractivity contribution is 8.00. The van der Waals surface area contributed by atoms with Crippen molar-refractivity contribution in [2.75, 3.05) is 11.5 Å². The van der Waals surface area contributed by atoms with E-state index in [2.05, 4.69) is 72.0 Å². The summed E-state index contributed by atoms with van der Waals surface area (Å²) < 4.78 is 4.71. The van der Waals surface area contributed by atoms with Crippen LogP contribution in [0.2, 0.25) is 0 Å². The van der Waals surface area contributed by atoms with Crippen LogP contribution in [0, 0.1) is 0 Å². The van der Waals surface area contributed by atoms with Gasteiger partial charge in [-0.3, -0.25) is 0 Å². The zero-order chi connectivity index (χ0) is 26.2. The molecular weight excluding hydrogens is 489 g/mol. The maximum Gasteiger partial charge on any atom is 0.169 e. The van der Waals surface area contributed by atoms with Gasteiger partial charge in [-0.05, 0) is 30.8 Å². The topological polar surface area (TPSA) is 7.76 Å². The second-order valence-corrected chi connectivity index (χ2v) is 12.9. The van der Waals surface area contributed by atoms with E-state index in [1.54, 1.807) is 0 Å². The minimum atomic E-state index is 1.16. The second kappa shape index (κ2) is 22.9. The average Bonchev–Trinajstić information content (AvgIpc) is 2.93. The van der Waals surface area contributed by atoms with Crippen LogP contribution < -0.4 is 9.13 Å². The number of rotatable bonds is 24. The monoisotopic (exact) mass is 544 g/mol. The van der Waals surface area contributed by atoms with Crippen molar-refractivity contribution in [1.82, 2.24) is 0 Å². The fourth-order valence-electron chi connectivity index (χ4n) is 4.67. The zero-order valence-electron chi connectivity index (χ0n) is 24.2. The molecule has 0 spiro atoms. The van der Waals surface area contributed by atoms with Crippen LogP contribution in [0.3, 0.4) is 0 Å². The lowest BCUT2D eigenvalue weighted by Gasteiger charge is -2.03. The summed E-state index contributed by atoms with van der Waals surface area (Å²) in [4.78, 5) is 2.80. The first-order valence-electron chi connectivity index (χ1n) is 15.6. The fourth-order valence-corrected chi connectivity index (χ4v) is 6.53. The molecule has 0 aliphatic heterocycles. The first-order chi connectivity index (χ1) is 18.3. The summed E-state index contributed by atoms with van der Waals surface area (Å²) in [7, 11) is 0. The van der Waals surface area contributed by atoms with E-state index in [1.807, 2.05) is 23.5 Å². The molecule has 0 bridgehead atoms. The predicted molar refractivity (Wildman–Crippen MR) is 165 cm³/mol. The molecule has 0 saturated heterocycles. The zero-order valence-corrected chi connectivity index (χ0v) is 25.8. The van der Waals surface area contributed by atoms with Gasteiger partial charge in [-0.1, -0.05) is 90.9 Å². The van der Waals surface area contributed by atoms with Gasteiger partial charge >= 0.3 is 0 Å². The Bertz CT molecular complexity index is 695. The number of unbranched alkanes of at least 4 members (excludes halogenated alkanes) is 14. The third kappa shape index (κ3) is 17.3. The molecule has 0 atom stereocenters. The lowest BCUT2D eigenvalue weighted by molar-refractivity contribution is -0.697. The van der Waals surface area contributed by atoms with Gasteiger partial charge in [0.1, 0.15) is 13.1 Å². The summed E-state index contributed by atoms with van der Waals surface area (Å²) >= 11 is 3.99. The van der Waals surface area contributed by atoms with Crippen LogP contribution in [0.25, 0.3) is 0 Å². The van der Waals surface area contributed by atoms with E-state index in [0.717, 1.165) is 13.1 Å². The molecule has 0 N–H and O–H groups in total. The Labute approximate surface area is 238 Å². The molecule has 2 rings (SSSR count). The molecule has 2 nitrogen and oxygen atoms in total. The number of thioether (sulfide) groups is 2. The van der Waals surface area contributed by atoms with E-state index >= 15 is 0 Å².